The fourth-order valence-electron chi connectivity index (χ4n) is 5.59. The van der Waals surface area contributed by atoms with E-state index in [1.807, 2.05) is 103 Å². The van der Waals surface area contributed by atoms with Crippen LogP contribution in [0.4, 0.5) is 0 Å². The fourth-order valence-corrected chi connectivity index (χ4v) is 5.59. The monoisotopic (exact) mass is 557 g/mol. The number of unbranched alkanes of at least 4 members (excludes halogenated alkanes) is 2. The summed E-state index contributed by atoms with van der Waals surface area (Å²) in [5.74, 6) is 0.483. The molecule has 1 unspecified atom stereocenters. The van der Waals surface area contributed by atoms with Crippen LogP contribution < -0.4 is 5.56 Å². The Kier molecular flexibility index (Phi) is 9.28. The van der Waals surface area contributed by atoms with Crippen LogP contribution in [0.2, 0.25) is 0 Å². The van der Waals surface area contributed by atoms with Gasteiger partial charge in [0.25, 0.3) is 11.5 Å². The van der Waals surface area contributed by atoms with E-state index in [4.69, 9.17) is 4.98 Å². The van der Waals surface area contributed by atoms with E-state index < -0.39 is 6.04 Å². The molecule has 4 aromatic carbocycles. The molecule has 0 aliphatic heterocycles. The van der Waals surface area contributed by atoms with E-state index in [0.717, 1.165) is 29.7 Å². The molecule has 5 rings (SSSR count). The molecule has 0 bridgehead atoms. The largest absolute Gasteiger partial charge is 0.324 e. The highest BCUT2D eigenvalue weighted by Gasteiger charge is 2.30. The first-order valence-corrected chi connectivity index (χ1v) is 15.0. The number of rotatable bonds is 11. The van der Waals surface area contributed by atoms with Crippen LogP contribution in [0.5, 0.6) is 0 Å². The van der Waals surface area contributed by atoms with Gasteiger partial charge in [-0.3, -0.25) is 14.2 Å². The third-order valence-corrected chi connectivity index (χ3v) is 7.85. The Balaban J connectivity index is 1.64. The molecule has 5 nitrogen and oxygen atoms in total. The minimum Gasteiger partial charge on any atom is -0.324 e. The second-order valence-corrected chi connectivity index (χ2v) is 11.0. The lowest BCUT2D eigenvalue weighted by atomic mass is 10.0. The summed E-state index contributed by atoms with van der Waals surface area (Å²) in [5.41, 5.74) is 5.18. The third-order valence-electron chi connectivity index (χ3n) is 7.85. The van der Waals surface area contributed by atoms with Gasteiger partial charge < -0.3 is 4.90 Å². The van der Waals surface area contributed by atoms with Crippen molar-refractivity contribution in [1.82, 2.24) is 14.5 Å². The zero-order chi connectivity index (χ0) is 29.5. The Morgan fingerprint density at radius 3 is 2.29 bits per heavy atom. The van der Waals surface area contributed by atoms with Crippen LogP contribution in [0.1, 0.15) is 78.4 Å². The molecule has 1 amide bonds. The average molecular weight is 558 g/mol. The molecule has 1 atom stereocenters. The number of para-hydroxylation sites is 1. The van der Waals surface area contributed by atoms with Gasteiger partial charge in [0.15, 0.2) is 0 Å². The summed E-state index contributed by atoms with van der Waals surface area (Å²) in [6, 6.07) is 32.9. The Morgan fingerprint density at radius 2 is 1.57 bits per heavy atom. The van der Waals surface area contributed by atoms with Gasteiger partial charge in [-0.15, -0.1) is 0 Å². The van der Waals surface area contributed by atoms with Crippen molar-refractivity contribution in [2.24, 2.45) is 0 Å². The van der Waals surface area contributed by atoms with E-state index in [1.54, 1.807) is 4.57 Å². The van der Waals surface area contributed by atoms with Gasteiger partial charge in [0, 0.05) is 12.1 Å². The molecule has 0 saturated heterocycles. The Bertz CT molecular complexity index is 1710. The van der Waals surface area contributed by atoms with Crippen molar-refractivity contribution in [3.8, 4) is 5.69 Å². The van der Waals surface area contributed by atoms with Crippen molar-refractivity contribution in [1.29, 1.82) is 0 Å². The standard InChI is InChI=1S/C37H39N3O2/c1-4-6-8-15-28-21-23-30(24-22-28)36(41)39(26-29-16-9-7-10-17-29)34(5-2)35-38-33-20-12-11-19-32(33)37(42)40(35)31-18-13-14-27(3)25-31/h7,9-14,16-25,34H,4-6,8,15,26H2,1-3H3. The molecule has 1 aromatic heterocycles. The zero-order valence-electron chi connectivity index (χ0n) is 24.8. The summed E-state index contributed by atoms with van der Waals surface area (Å²) in [4.78, 5) is 35.4. The molecule has 42 heavy (non-hydrogen) atoms. The van der Waals surface area contributed by atoms with Crippen LogP contribution in [0.3, 0.4) is 0 Å². The maximum absolute atomic E-state index is 14.4. The SMILES string of the molecule is CCCCCc1ccc(C(=O)N(Cc2ccccc2)C(CC)c2nc3ccccc3c(=O)n2-c2cccc(C)c2)cc1. The predicted molar refractivity (Wildman–Crippen MR) is 171 cm³/mol. The summed E-state index contributed by atoms with van der Waals surface area (Å²) in [6.07, 6.45) is 5.12. The quantitative estimate of drug-likeness (QED) is 0.154. The van der Waals surface area contributed by atoms with E-state index in [0.29, 0.717) is 35.3 Å². The highest BCUT2D eigenvalue weighted by atomic mass is 16.2. The first-order chi connectivity index (χ1) is 20.5. The van der Waals surface area contributed by atoms with Crippen LogP contribution >= 0.6 is 0 Å². The van der Waals surface area contributed by atoms with Crippen LogP contribution in [-0.2, 0) is 13.0 Å². The molecular weight excluding hydrogens is 518 g/mol. The van der Waals surface area contributed by atoms with Gasteiger partial charge >= 0.3 is 0 Å². The van der Waals surface area contributed by atoms with Crippen molar-refractivity contribution < 1.29 is 4.79 Å². The third kappa shape index (κ3) is 6.36. The lowest BCUT2D eigenvalue weighted by Crippen LogP contribution is -2.38. The van der Waals surface area contributed by atoms with Gasteiger partial charge in [0.05, 0.1) is 22.6 Å². The van der Waals surface area contributed by atoms with E-state index in [1.165, 1.54) is 18.4 Å². The molecule has 0 spiro atoms. The van der Waals surface area contributed by atoms with E-state index in [9.17, 15) is 9.59 Å². The van der Waals surface area contributed by atoms with Crippen LogP contribution in [0.25, 0.3) is 16.6 Å². The van der Waals surface area contributed by atoms with Crippen LogP contribution in [0, 0.1) is 6.92 Å². The second kappa shape index (κ2) is 13.4. The second-order valence-electron chi connectivity index (χ2n) is 11.0. The number of amides is 1. The molecule has 0 radical (unpaired) electrons. The van der Waals surface area contributed by atoms with Gasteiger partial charge in [0.2, 0.25) is 0 Å². The lowest BCUT2D eigenvalue weighted by molar-refractivity contribution is 0.0640. The topological polar surface area (TPSA) is 55.2 Å². The number of hydrogen-bond acceptors (Lipinski definition) is 3. The van der Waals surface area contributed by atoms with Gasteiger partial charge in [-0.05, 0) is 79.3 Å². The first-order valence-electron chi connectivity index (χ1n) is 15.0. The molecule has 0 N–H and O–H groups in total. The highest BCUT2D eigenvalue weighted by molar-refractivity contribution is 5.94. The molecule has 0 fully saturated rings. The van der Waals surface area contributed by atoms with Crippen LogP contribution in [-0.4, -0.2) is 20.4 Å². The fraction of sp³-hybridized carbons (Fsp3) is 0.270. The molecule has 0 aliphatic rings. The lowest BCUT2D eigenvalue weighted by Gasteiger charge is -2.33. The Morgan fingerprint density at radius 1 is 0.833 bits per heavy atom. The average Bonchev–Trinajstić information content (AvgIpc) is 3.02. The van der Waals surface area contributed by atoms with Gasteiger partial charge in [-0.2, -0.15) is 0 Å². The molecule has 0 saturated carbocycles. The summed E-state index contributed by atoms with van der Waals surface area (Å²) in [7, 11) is 0. The first kappa shape index (κ1) is 29.0. The Labute approximate surface area is 248 Å². The smallest absolute Gasteiger partial charge is 0.266 e. The number of carbonyl (C=O) groups excluding carboxylic acids is 1. The van der Waals surface area contributed by atoms with Crippen molar-refractivity contribution in [2.45, 2.75) is 65.5 Å². The van der Waals surface area contributed by atoms with Crippen molar-refractivity contribution in [3.63, 3.8) is 0 Å². The number of aryl methyl sites for hydroxylation is 2. The van der Waals surface area contributed by atoms with E-state index in [2.05, 4.69) is 26.0 Å². The van der Waals surface area contributed by atoms with Gasteiger partial charge in [-0.25, -0.2) is 4.98 Å². The van der Waals surface area contributed by atoms with Crippen LogP contribution in [0.15, 0.2) is 108 Å². The minimum absolute atomic E-state index is 0.0796. The van der Waals surface area contributed by atoms with E-state index in [-0.39, 0.29) is 11.5 Å². The summed E-state index contributed by atoms with van der Waals surface area (Å²) < 4.78 is 1.70. The molecule has 5 heteroatoms. The number of aromatic nitrogens is 2. The maximum atomic E-state index is 14.4. The van der Waals surface area contributed by atoms with Gasteiger partial charge in [0.1, 0.15) is 5.82 Å². The van der Waals surface area contributed by atoms with Crippen molar-refractivity contribution >= 4 is 16.8 Å². The van der Waals surface area contributed by atoms with E-state index >= 15 is 0 Å². The van der Waals surface area contributed by atoms with Gasteiger partial charge in [-0.1, -0.05) is 93.4 Å². The normalized spacial score (nSPS) is 11.9. The molecular formula is C37H39N3O2. The molecule has 1 heterocycles. The summed E-state index contributed by atoms with van der Waals surface area (Å²) >= 11 is 0. The summed E-state index contributed by atoms with van der Waals surface area (Å²) in [6.45, 7) is 6.66. The number of hydrogen-bond donors (Lipinski definition) is 0. The zero-order valence-corrected chi connectivity index (χ0v) is 24.8. The molecule has 214 valence electrons. The number of nitrogens with zero attached hydrogens (tertiary/aromatic N) is 3. The highest BCUT2D eigenvalue weighted by Crippen LogP contribution is 2.29. The number of fused-ring (bicyclic) bond motifs is 1. The molecule has 5 aromatic rings. The molecule has 0 aliphatic carbocycles. The number of carbonyl (C=O) groups is 1. The van der Waals surface area contributed by atoms with Crippen molar-refractivity contribution in [3.05, 3.63) is 142 Å². The summed E-state index contributed by atoms with van der Waals surface area (Å²) in [5, 5.41) is 0.553. The maximum Gasteiger partial charge on any atom is 0.266 e. The van der Waals surface area contributed by atoms with Crippen molar-refractivity contribution in [2.75, 3.05) is 0 Å². The minimum atomic E-state index is -0.445. The predicted octanol–water partition coefficient (Wildman–Crippen LogP) is 8.22. The Hall–Kier alpha value is -4.51. The number of benzene rings is 4.